The van der Waals surface area contributed by atoms with Crippen LogP contribution in [-0.4, -0.2) is 29.4 Å². The second-order valence-electron chi connectivity index (χ2n) is 4.33. The highest BCUT2D eigenvalue weighted by Gasteiger charge is 2.23. The Morgan fingerprint density at radius 1 is 1.25 bits per heavy atom. The average molecular weight is 274 g/mol. The Balaban J connectivity index is 2.18. The van der Waals surface area contributed by atoms with Gasteiger partial charge in [0.1, 0.15) is 0 Å². The number of rotatable bonds is 4. The molecule has 104 valence electrons. The van der Waals surface area contributed by atoms with Crippen molar-refractivity contribution in [3.8, 4) is 0 Å². The number of para-hydroxylation sites is 2. The van der Waals surface area contributed by atoms with Crippen LogP contribution in [0.4, 0.5) is 11.4 Å². The number of aliphatic carboxylic acids is 1. The number of hydrogen-bond donors (Lipinski definition) is 2. The number of benzene rings is 1. The summed E-state index contributed by atoms with van der Waals surface area (Å²) in [4.78, 5) is 35.3. The van der Waals surface area contributed by atoms with Gasteiger partial charge < -0.3 is 15.3 Å². The van der Waals surface area contributed by atoms with Crippen LogP contribution in [0.1, 0.15) is 12.8 Å². The lowest BCUT2D eigenvalue weighted by atomic mass is 10.2. The number of nitrogens with zero attached hydrogens (tertiary/aromatic N) is 1. The predicted octanol–water partition coefficient (Wildman–Crippen LogP) is 1.39. The molecule has 1 aliphatic heterocycles. The number of carbonyl (C=O) groups is 3. The van der Waals surface area contributed by atoms with Crippen molar-refractivity contribution < 1.29 is 19.5 Å². The lowest BCUT2D eigenvalue weighted by Gasteiger charge is -2.19. The van der Waals surface area contributed by atoms with Gasteiger partial charge in [-0.2, -0.15) is 0 Å². The first-order valence-electron chi connectivity index (χ1n) is 6.19. The van der Waals surface area contributed by atoms with Gasteiger partial charge in [0.25, 0.3) is 0 Å². The highest BCUT2D eigenvalue weighted by atomic mass is 16.4. The molecule has 0 atom stereocenters. The molecule has 0 radical (unpaired) electrons. The third kappa shape index (κ3) is 3.23. The third-order valence-corrected chi connectivity index (χ3v) is 2.90. The molecule has 1 saturated heterocycles. The summed E-state index contributed by atoms with van der Waals surface area (Å²) in [6.45, 7) is 0.622. The Labute approximate surface area is 115 Å². The molecule has 2 amide bonds. The largest absolute Gasteiger partial charge is 0.478 e. The zero-order valence-corrected chi connectivity index (χ0v) is 10.7. The highest BCUT2D eigenvalue weighted by molar-refractivity contribution is 6.06. The van der Waals surface area contributed by atoms with E-state index in [0.29, 0.717) is 24.3 Å². The van der Waals surface area contributed by atoms with Gasteiger partial charge in [-0.3, -0.25) is 9.59 Å². The fourth-order valence-corrected chi connectivity index (χ4v) is 2.04. The number of carboxylic acid groups (broad SMARTS) is 1. The van der Waals surface area contributed by atoms with Crippen LogP contribution < -0.4 is 10.2 Å². The zero-order valence-electron chi connectivity index (χ0n) is 10.7. The Kier molecular flexibility index (Phi) is 4.14. The normalized spacial score (nSPS) is 14.8. The molecular formula is C14H14N2O4. The summed E-state index contributed by atoms with van der Waals surface area (Å²) in [6.07, 6.45) is 2.99. The highest BCUT2D eigenvalue weighted by Crippen LogP contribution is 2.29. The number of amides is 2. The van der Waals surface area contributed by atoms with E-state index in [4.69, 9.17) is 5.11 Å². The van der Waals surface area contributed by atoms with Crippen molar-refractivity contribution in [3.63, 3.8) is 0 Å². The molecule has 1 aromatic rings. The van der Waals surface area contributed by atoms with E-state index < -0.39 is 11.9 Å². The Morgan fingerprint density at radius 3 is 2.65 bits per heavy atom. The number of anilines is 2. The van der Waals surface area contributed by atoms with Crippen molar-refractivity contribution in [3.05, 3.63) is 36.4 Å². The molecular weight excluding hydrogens is 260 g/mol. The van der Waals surface area contributed by atoms with Crippen molar-refractivity contribution in [2.75, 3.05) is 16.8 Å². The van der Waals surface area contributed by atoms with E-state index in [1.807, 2.05) is 0 Å². The van der Waals surface area contributed by atoms with Gasteiger partial charge in [-0.05, 0) is 18.6 Å². The SMILES string of the molecule is O=C(O)/C=C/C(=O)Nc1ccccc1N1CCCC1=O. The minimum atomic E-state index is -1.19. The van der Waals surface area contributed by atoms with Crippen LogP contribution in [0.5, 0.6) is 0 Å². The number of carbonyl (C=O) groups excluding carboxylic acids is 2. The molecule has 0 aromatic heterocycles. The second-order valence-corrected chi connectivity index (χ2v) is 4.33. The van der Waals surface area contributed by atoms with Gasteiger partial charge in [0, 0.05) is 25.1 Å². The smallest absolute Gasteiger partial charge is 0.328 e. The molecule has 1 aromatic carbocycles. The van der Waals surface area contributed by atoms with E-state index >= 15 is 0 Å². The van der Waals surface area contributed by atoms with E-state index in [9.17, 15) is 14.4 Å². The summed E-state index contributed by atoms with van der Waals surface area (Å²) in [5, 5.41) is 11.1. The summed E-state index contributed by atoms with van der Waals surface area (Å²) in [5.74, 6) is -1.72. The quantitative estimate of drug-likeness (QED) is 0.812. The van der Waals surface area contributed by atoms with Gasteiger partial charge in [-0.15, -0.1) is 0 Å². The molecule has 1 heterocycles. The molecule has 2 rings (SSSR count). The Hall–Kier alpha value is -2.63. The number of nitrogens with one attached hydrogen (secondary N) is 1. The van der Waals surface area contributed by atoms with Crippen molar-refractivity contribution in [1.82, 2.24) is 0 Å². The maximum absolute atomic E-state index is 11.7. The van der Waals surface area contributed by atoms with Crippen LogP contribution in [0.3, 0.4) is 0 Å². The van der Waals surface area contributed by atoms with E-state index in [0.717, 1.165) is 18.6 Å². The Morgan fingerprint density at radius 2 is 2.00 bits per heavy atom. The summed E-state index contributed by atoms with van der Waals surface area (Å²) >= 11 is 0. The molecule has 6 heteroatoms. The third-order valence-electron chi connectivity index (χ3n) is 2.90. The fourth-order valence-electron chi connectivity index (χ4n) is 2.04. The lowest BCUT2D eigenvalue weighted by molar-refractivity contribution is -0.131. The van der Waals surface area contributed by atoms with Gasteiger partial charge in [0.05, 0.1) is 11.4 Å². The van der Waals surface area contributed by atoms with Crippen molar-refractivity contribution in [2.45, 2.75) is 12.8 Å². The molecule has 0 saturated carbocycles. The van der Waals surface area contributed by atoms with Crippen molar-refractivity contribution in [1.29, 1.82) is 0 Å². The molecule has 0 unspecified atom stereocenters. The first-order valence-corrected chi connectivity index (χ1v) is 6.19. The first kappa shape index (κ1) is 13.8. The van der Waals surface area contributed by atoms with Crippen LogP contribution in [-0.2, 0) is 14.4 Å². The topological polar surface area (TPSA) is 86.7 Å². The zero-order chi connectivity index (χ0) is 14.5. The lowest BCUT2D eigenvalue weighted by Crippen LogP contribution is -2.25. The standard InChI is InChI=1S/C14H14N2O4/c17-12(7-8-14(19)20)15-10-4-1-2-5-11(10)16-9-3-6-13(16)18/h1-2,4-5,7-8H,3,6,9H2,(H,15,17)(H,19,20)/b8-7+. The molecule has 0 bridgehead atoms. The summed E-state index contributed by atoms with van der Waals surface area (Å²) in [7, 11) is 0. The van der Waals surface area contributed by atoms with Crippen molar-refractivity contribution >= 4 is 29.2 Å². The minimum Gasteiger partial charge on any atom is -0.478 e. The molecule has 6 nitrogen and oxygen atoms in total. The van der Waals surface area contributed by atoms with Crippen LogP contribution in [0, 0.1) is 0 Å². The maximum Gasteiger partial charge on any atom is 0.328 e. The summed E-state index contributed by atoms with van der Waals surface area (Å²) in [5.41, 5.74) is 1.12. The predicted molar refractivity (Wildman–Crippen MR) is 73.4 cm³/mol. The van der Waals surface area contributed by atoms with Gasteiger partial charge in [0.15, 0.2) is 0 Å². The van der Waals surface area contributed by atoms with E-state index in [-0.39, 0.29) is 5.91 Å². The number of hydrogen-bond acceptors (Lipinski definition) is 3. The Bertz CT molecular complexity index is 580. The van der Waals surface area contributed by atoms with Gasteiger partial charge in [0.2, 0.25) is 11.8 Å². The average Bonchev–Trinajstić information content (AvgIpc) is 2.83. The van der Waals surface area contributed by atoms with Crippen LogP contribution in [0.15, 0.2) is 36.4 Å². The summed E-state index contributed by atoms with van der Waals surface area (Å²) < 4.78 is 0. The minimum absolute atomic E-state index is 0.0211. The van der Waals surface area contributed by atoms with E-state index in [1.54, 1.807) is 29.2 Å². The molecule has 20 heavy (non-hydrogen) atoms. The second kappa shape index (κ2) is 6.01. The summed E-state index contributed by atoms with van der Waals surface area (Å²) in [6, 6.07) is 6.94. The molecule has 1 aliphatic rings. The van der Waals surface area contributed by atoms with Crippen LogP contribution in [0.25, 0.3) is 0 Å². The molecule has 0 spiro atoms. The number of carboxylic acids is 1. The van der Waals surface area contributed by atoms with Gasteiger partial charge in [-0.1, -0.05) is 12.1 Å². The fraction of sp³-hybridized carbons (Fsp3) is 0.214. The monoisotopic (exact) mass is 274 g/mol. The molecule has 1 fully saturated rings. The molecule has 0 aliphatic carbocycles. The van der Waals surface area contributed by atoms with Crippen LogP contribution in [0.2, 0.25) is 0 Å². The van der Waals surface area contributed by atoms with E-state index in [1.165, 1.54) is 0 Å². The van der Waals surface area contributed by atoms with Gasteiger partial charge in [-0.25, -0.2) is 4.79 Å². The van der Waals surface area contributed by atoms with Gasteiger partial charge >= 0.3 is 5.97 Å². The first-order chi connectivity index (χ1) is 9.58. The molecule has 2 N–H and O–H groups in total. The van der Waals surface area contributed by atoms with E-state index in [2.05, 4.69) is 5.32 Å². The maximum atomic E-state index is 11.7. The van der Waals surface area contributed by atoms with Crippen molar-refractivity contribution in [2.24, 2.45) is 0 Å². The van der Waals surface area contributed by atoms with Crippen LogP contribution >= 0.6 is 0 Å².